The van der Waals surface area contributed by atoms with Crippen LogP contribution in [0.2, 0.25) is 0 Å². The molecule has 0 unspecified atom stereocenters. The lowest BCUT2D eigenvalue weighted by Gasteiger charge is -2.19. The smallest absolute Gasteiger partial charge is 0.227 e. The van der Waals surface area contributed by atoms with Crippen LogP contribution in [0, 0.1) is 0 Å². The van der Waals surface area contributed by atoms with Crippen molar-refractivity contribution in [1.82, 2.24) is 15.5 Å². The Hall–Kier alpha value is -1.43. The minimum absolute atomic E-state index is 0.00250. The van der Waals surface area contributed by atoms with Gasteiger partial charge in [-0.3, -0.25) is 4.79 Å². The van der Waals surface area contributed by atoms with E-state index in [0.717, 1.165) is 19.4 Å². The Balaban J connectivity index is 1.73. The lowest BCUT2D eigenvalue weighted by atomic mass is 10.1. The summed E-state index contributed by atoms with van der Waals surface area (Å²) in [7, 11) is 0. The van der Waals surface area contributed by atoms with Gasteiger partial charge in [-0.1, -0.05) is 19.0 Å². The highest BCUT2D eigenvalue weighted by atomic mass is 16.5. The summed E-state index contributed by atoms with van der Waals surface area (Å²) in [5.41, 5.74) is 0. The maximum atomic E-state index is 11.9. The number of aromatic nitrogens is 2. The first kappa shape index (κ1) is 15.0. The van der Waals surface area contributed by atoms with Gasteiger partial charge in [-0.2, -0.15) is 4.98 Å². The average Bonchev–Trinajstić information content (AvgIpc) is 3.07. The van der Waals surface area contributed by atoms with Crippen LogP contribution >= 0.6 is 0 Å². The molecular weight excluding hydrogens is 258 g/mol. The predicted octanol–water partition coefficient (Wildman–Crippen LogP) is 1.81. The predicted molar refractivity (Wildman–Crippen MR) is 73.3 cm³/mol. The van der Waals surface area contributed by atoms with Crippen molar-refractivity contribution in [2.75, 3.05) is 6.61 Å². The molecule has 0 radical (unpaired) electrons. The third-order valence-electron chi connectivity index (χ3n) is 3.48. The summed E-state index contributed by atoms with van der Waals surface area (Å²) in [4.78, 5) is 16.1. The summed E-state index contributed by atoms with van der Waals surface area (Å²) < 4.78 is 10.7. The van der Waals surface area contributed by atoms with Crippen LogP contribution in [0.15, 0.2) is 4.52 Å². The average molecular weight is 281 g/mol. The second kappa shape index (κ2) is 6.83. The third-order valence-corrected chi connectivity index (χ3v) is 3.48. The van der Waals surface area contributed by atoms with Crippen molar-refractivity contribution in [3.8, 4) is 0 Å². The Kier molecular flexibility index (Phi) is 5.11. The SMILES string of the molecule is CC(C)c1noc(CCC(=O)N[C@@H](C)[C@H]2CCCO2)n1. The fraction of sp³-hybridized carbons (Fsp3) is 0.786. The van der Waals surface area contributed by atoms with E-state index in [1.54, 1.807) is 0 Å². The number of rotatable bonds is 6. The van der Waals surface area contributed by atoms with E-state index in [1.807, 2.05) is 20.8 Å². The standard InChI is InChI=1S/C14H23N3O3/c1-9(2)14-16-13(20-17-14)7-6-12(18)15-10(3)11-5-4-8-19-11/h9-11H,4-8H2,1-3H3,(H,15,18)/t10-,11+/m0/s1. The first-order valence-electron chi connectivity index (χ1n) is 7.29. The Labute approximate surface area is 119 Å². The Morgan fingerprint density at radius 3 is 2.85 bits per heavy atom. The number of hydrogen-bond donors (Lipinski definition) is 1. The minimum atomic E-state index is -0.00250. The molecule has 1 aromatic heterocycles. The molecule has 20 heavy (non-hydrogen) atoms. The van der Waals surface area contributed by atoms with E-state index in [-0.39, 0.29) is 24.0 Å². The summed E-state index contributed by atoms with van der Waals surface area (Å²) in [6, 6.07) is 0.0545. The molecule has 2 rings (SSSR count). The first-order chi connectivity index (χ1) is 9.56. The molecule has 0 spiro atoms. The van der Waals surface area contributed by atoms with Crippen molar-refractivity contribution in [3.63, 3.8) is 0 Å². The van der Waals surface area contributed by atoms with E-state index in [9.17, 15) is 4.79 Å². The molecule has 0 aromatic carbocycles. The van der Waals surface area contributed by atoms with Crippen molar-refractivity contribution in [3.05, 3.63) is 11.7 Å². The molecule has 1 aliphatic rings. The molecule has 2 atom stereocenters. The zero-order valence-corrected chi connectivity index (χ0v) is 12.4. The van der Waals surface area contributed by atoms with Crippen LogP contribution < -0.4 is 5.32 Å². The topological polar surface area (TPSA) is 77.2 Å². The molecule has 6 heteroatoms. The quantitative estimate of drug-likeness (QED) is 0.860. The van der Waals surface area contributed by atoms with E-state index < -0.39 is 0 Å². The van der Waals surface area contributed by atoms with E-state index in [0.29, 0.717) is 24.6 Å². The highest BCUT2D eigenvalue weighted by Gasteiger charge is 2.23. The van der Waals surface area contributed by atoms with Gasteiger partial charge in [-0.15, -0.1) is 0 Å². The van der Waals surface area contributed by atoms with Crippen molar-refractivity contribution < 1.29 is 14.1 Å². The van der Waals surface area contributed by atoms with Gasteiger partial charge < -0.3 is 14.6 Å². The van der Waals surface area contributed by atoms with Gasteiger partial charge in [0.25, 0.3) is 0 Å². The minimum Gasteiger partial charge on any atom is -0.376 e. The number of ether oxygens (including phenoxy) is 1. The molecule has 0 bridgehead atoms. The molecule has 2 heterocycles. The second-order valence-corrected chi connectivity index (χ2v) is 5.61. The monoisotopic (exact) mass is 281 g/mol. The Morgan fingerprint density at radius 2 is 2.25 bits per heavy atom. The van der Waals surface area contributed by atoms with E-state index in [4.69, 9.17) is 9.26 Å². The normalized spacial score (nSPS) is 20.3. The van der Waals surface area contributed by atoms with Crippen LogP contribution in [0.5, 0.6) is 0 Å². The van der Waals surface area contributed by atoms with Gasteiger partial charge in [0.1, 0.15) is 0 Å². The van der Waals surface area contributed by atoms with Gasteiger partial charge in [0, 0.05) is 25.4 Å². The third kappa shape index (κ3) is 4.03. The van der Waals surface area contributed by atoms with Gasteiger partial charge in [-0.05, 0) is 19.8 Å². The summed E-state index contributed by atoms with van der Waals surface area (Å²) in [6.07, 6.45) is 3.07. The Morgan fingerprint density at radius 1 is 1.45 bits per heavy atom. The molecule has 1 aromatic rings. The molecule has 6 nitrogen and oxygen atoms in total. The van der Waals surface area contributed by atoms with Gasteiger partial charge in [0.05, 0.1) is 12.1 Å². The van der Waals surface area contributed by atoms with Crippen LogP contribution in [0.25, 0.3) is 0 Å². The number of nitrogens with one attached hydrogen (secondary N) is 1. The van der Waals surface area contributed by atoms with Crippen molar-refractivity contribution >= 4 is 5.91 Å². The molecule has 1 N–H and O–H groups in total. The lowest BCUT2D eigenvalue weighted by molar-refractivity contribution is -0.122. The molecule has 1 saturated heterocycles. The summed E-state index contributed by atoms with van der Waals surface area (Å²) in [6.45, 7) is 6.79. The summed E-state index contributed by atoms with van der Waals surface area (Å²) in [5, 5.41) is 6.85. The molecule has 0 saturated carbocycles. The molecule has 1 aliphatic heterocycles. The fourth-order valence-electron chi connectivity index (χ4n) is 2.24. The van der Waals surface area contributed by atoms with E-state index in [2.05, 4.69) is 15.5 Å². The highest BCUT2D eigenvalue weighted by molar-refractivity contribution is 5.76. The number of carbonyl (C=O) groups excluding carboxylic acids is 1. The van der Waals surface area contributed by atoms with E-state index in [1.165, 1.54) is 0 Å². The highest BCUT2D eigenvalue weighted by Crippen LogP contribution is 2.15. The molecule has 112 valence electrons. The summed E-state index contributed by atoms with van der Waals surface area (Å²) >= 11 is 0. The first-order valence-corrected chi connectivity index (χ1v) is 7.29. The molecule has 1 fully saturated rings. The zero-order valence-electron chi connectivity index (χ0n) is 12.4. The van der Waals surface area contributed by atoms with Crippen molar-refractivity contribution in [2.45, 2.75) is 64.5 Å². The molecule has 1 amide bonds. The van der Waals surface area contributed by atoms with Crippen molar-refractivity contribution in [1.29, 1.82) is 0 Å². The van der Waals surface area contributed by atoms with Crippen LogP contribution in [0.4, 0.5) is 0 Å². The number of carbonyl (C=O) groups is 1. The Bertz CT molecular complexity index is 439. The van der Waals surface area contributed by atoms with Crippen LogP contribution in [0.3, 0.4) is 0 Å². The van der Waals surface area contributed by atoms with Crippen LogP contribution in [0.1, 0.15) is 57.7 Å². The zero-order chi connectivity index (χ0) is 14.5. The molecular formula is C14H23N3O3. The van der Waals surface area contributed by atoms with Crippen LogP contribution in [-0.2, 0) is 16.0 Å². The van der Waals surface area contributed by atoms with Gasteiger partial charge in [0.2, 0.25) is 11.8 Å². The number of aryl methyl sites for hydroxylation is 1. The second-order valence-electron chi connectivity index (χ2n) is 5.61. The molecule has 0 aliphatic carbocycles. The largest absolute Gasteiger partial charge is 0.376 e. The van der Waals surface area contributed by atoms with Gasteiger partial charge >= 0.3 is 0 Å². The maximum absolute atomic E-state index is 11.9. The number of amides is 1. The van der Waals surface area contributed by atoms with Crippen LogP contribution in [-0.4, -0.2) is 34.8 Å². The number of nitrogens with zero attached hydrogens (tertiary/aromatic N) is 2. The lowest BCUT2D eigenvalue weighted by Crippen LogP contribution is -2.40. The number of hydrogen-bond acceptors (Lipinski definition) is 5. The summed E-state index contributed by atoms with van der Waals surface area (Å²) in [5.74, 6) is 1.44. The fourth-order valence-corrected chi connectivity index (χ4v) is 2.24. The van der Waals surface area contributed by atoms with Gasteiger partial charge in [0.15, 0.2) is 5.82 Å². The van der Waals surface area contributed by atoms with E-state index >= 15 is 0 Å². The maximum Gasteiger partial charge on any atom is 0.227 e. The van der Waals surface area contributed by atoms with Gasteiger partial charge in [-0.25, -0.2) is 0 Å². The van der Waals surface area contributed by atoms with Crippen molar-refractivity contribution in [2.24, 2.45) is 0 Å².